The van der Waals surface area contributed by atoms with Crippen LogP contribution in [0.4, 0.5) is 0 Å². The summed E-state index contributed by atoms with van der Waals surface area (Å²) in [5.41, 5.74) is 1.43. The van der Waals surface area contributed by atoms with Crippen LogP contribution >= 0.6 is 0 Å². The number of carbonyl (C=O) groups is 1. The van der Waals surface area contributed by atoms with Gasteiger partial charge in [-0.2, -0.15) is 0 Å². The van der Waals surface area contributed by atoms with E-state index < -0.39 is 0 Å². The third kappa shape index (κ3) is 1.90. The minimum atomic E-state index is -0.138. The molecule has 20 heavy (non-hydrogen) atoms. The molecule has 4 heteroatoms. The van der Waals surface area contributed by atoms with Gasteiger partial charge in [0.15, 0.2) is 5.76 Å². The third-order valence-corrected chi connectivity index (χ3v) is 3.37. The molecule has 0 fully saturated rings. The van der Waals surface area contributed by atoms with Crippen LogP contribution in [-0.4, -0.2) is 17.9 Å². The van der Waals surface area contributed by atoms with Gasteiger partial charge in [0.2, 0.25) is 5.78 Å². The van der Waals surface area contributed by atoms with Crippen molar-refractivity contribution in [1.29, 1.82) is 0 Å². The normalized spacial score (nSPS) is 10.9. The fourth-order valence-electron chi connectivity index (χ4n) is 2.32. The van der Waals surface area contributed by atoms with E-state index in [0.29, 0.717) is 17.1 Å². The van der Waals surface area contributed by atoms with E-state index in [1.54, 1.807) is 19.4 Å². The average molecular weight is 269 g/mol. The van der Waals surface area contributed by atoms with Crippen LogP contribution in [0.15, 0.2) is 40.9 Å². The van der Waals surface area contributed by atoms with E-state index in [-0.39, 0.29) is 5.78 Å². The fourth-order valence-corrected chi connectivity index (χ4v) is 2.32. The quantitative estimate of drug-likeness (QED) is 0.737. The summed E-state index contributed by atoms with van der Waals surface area (Å²) in [6.07, 6.45) is 2.47. The number of rotatable bonds is 4. The molecular formula is C16H15NO3. The van der Waals surface area contributed by atoms with Gasteiger partial charge in [-0.3, -0.25) is 4.79 Å². The molecule has 2 heterocycles. The van der Waals surface area contributed by atoms with Gasteiger partial charge in [-0.05, 0) is 24.3 Å². The van der Waals surface area contributed by atoms with Crippen molar-refractivity contribution in [2.24, 2.45) is 0 Å². The molecule has 0 atom stereocenters. The maximum atomic E-state index is 12.5. The summed E-state index contributed by atoms with van der Waals surface area (Å²) in [6.45, 7) is 1.99. The first-order valence-electron chi connectivity index (χ1n) is 6.52. The van der Waals surface area contributed by atoms with Gasteiger partial charge in [0.1, 0.15) is 11.5 Å². The topological polar surface area (TPSA) is 55.2 Å². The van der Waals surface area contributed by atoms with Crippen molar-refractivity contribution in [3.63, 3.8) is 0 Å². The number of hydrogen-bond acceptors (Lipinski definition) is 3. The largest absolute Gasteiger partial charge is 0.496 e. The minimum Gasteiger partial charge on any atom is -0.496 e. The molecule has 0 aliphatic rings. The number of H-pyrrole nitrogens is 1. The Bertz CT molecular complexity index is 767. The number of ether oxygens (including phenoxy) is 1. The second-order valence-corrected chi connectivity index (χ2v) is 4.53. The van der Waals surface area contributed by atoms with Gasteiger partial charge in [0.05, 0.1) is 18.1 Å². The maximum Gasteiger partial charge on any atom is 0.230 e. The molecule has 0 aliphatic heterocycles. The number of carbonyl (C=O) groups excluding carboxylic acids is 1. The van der Waals surface area contributed by atoms with Crippen molar-refractivity contribution in [1.82, 2.24) is 4.98 Å². The van der Waals surface area contributed by atoms with Gasteiger partial charge in [-0.1, -0.05) is 13.0 Å². The number of fused-ring (bicyclic) bond motifs is 1. The van der Waals surface area contributed by atoms with Crippen molar-refractivity contribution >= 4 is 16.7 Å². The van der Waals surface area contributed by atoms with Gasteiger partial charge < -0.3 is 14.1 Å². The second-order valence-electron chi connectivity index (χ2n) is 4.53. The van der Waals surface area contributed by atoms with Crippen molar-refractivity contribution in [3.8, 4) is 5.75 Å². The van der Waals surface area contributed by atoms with E-state index in [9.17, 15) is 4.79 Å². The Morgan fingerprint density at radius 2 is 2.15 bits per heavy atom. The lowest BCUT2D eigenvalue weighted by Gasteiger charge is -2.03. The second kappa shape index (κ2) is 4.89. The molecular weight excluding hydrogens is 254 g/mol. The minimum absolute atomic E-state index is 0.138. The molecule has 0 saturated carbocycles. The average Bonchev–Trinajstić information content (AvgIpc) is 3.12. The Balaban J connectivity index is 2.12. The summed E-state index contributed by atoms with van der Waals surface area (Å²) in [4.78, 5) is 15.6. The molecule has 0 aliphatic carbocycles. The molecule has 0 spiro atoms. The number of aryl methyl sites for hydroxylation is 1. The standard InChI is InChI=1S/C16H15NO3/c1-3-10-7-8-14(20-10)16(18)11-9-17-12-5-4-6-13(19-2)15(11)12/h4-9,17H,3H2,1-2H3. The summed E-state index contributed by atoms with van der Waals surface area (Å²) in [5, 5.41) is 0.787. The summed E-state index contributed by atoms with van der Waals surface area (Å²) in [5.74, 6) is 1.70. The first kappa shape index (κ1) is 12.5. The van der Waals surface area contributed by atoms with Crippen LogP contribution in [0, 0.1) is 0 Å². The highest BCUT2D eigenvalue weighted by molar-refractivity contribution is 6.16. The summed E-state index contributed by atoms with van der Waals surface area (Å²) in [6, 6.07) is 9.18. The number of hydrogen-bond donors (Lipinski definition) is 1. The molecule has 3 rings (SSSR count). The molecule has 2 aromatic heterocycles. The molecule has 3 aromatic rings. The van der Waals surface area contributed by atoms with Crippen LogP contribution in [0.2, 0.25) is 0 Å². The maximum absolute atomic E-state index is 12.5. The smallest absolute Gasteiger partial charge is 0.230 e. The zero-order valence-electron chi connectivity index (χ0n) is 11.4. The fraction of sp³-hybridized carbons (Fsp3) is 0.188. The number of methoxy groups -OCH3 is 1. The Hall–Kier alpha value is -2.49. The zero-order chi connectivity index (χ0) is 14.1. The molecule has 0 bridgehead atoms. The van der Waals surface area contributed by atoms with Crippen LogP contribution in [-0.2, 0) is 6.42 Å². The number of benzene rings is 1. The van der Waals surface area contributed by atoms with Crippen LogP contribution in [0.5, 0.6) is 5.75 Å². The van der Waals surface area contributed by atoms with Crippen molar-refractivity contribution in [3.05, 3.63) is 53.6 Å². The lowest BCUT2D eigenvalue weighted by atomic mass is 10.1. The predicted octanol–water partition coefficient (Wildman–Crippen LogP) is 3.56. The number of aromatic nitrogens is 1. The van der Waals surface area contributed by atoms with E-state index >= 15 is 0 Å². The molecule has 0 radical (unpaired) electrons. The third-order valence-electron chi connectivity index (χ3n) is 3.37. The van der Waals surface area contributed by atoms with E-state index in [2.05, 4.69) is 4.98 Å². The Labute approximate surface area is 116 Å². The highest BCUT2D eigenvalue weighted by atomic mass is 16.5. The highest BCUT2D eigenvalue weighted by Gasteiger charge is 2.19. The van der Waals surface area contributed by atoms with E-state index in [0.717, 1.165) is 23.1 Å². The molecule has 0 saturated heterocycles. The Morgan fingerprint density at radius 1 is 1.30 bits per heavy atom. The predicted molar refractivity (Wildman–Crippen MR) is 76.4 cm³/mol. The molecule has 102 valence electrons. The Morgan fingerprint density at radius 3 is 2.85 bits per heavy atom. The molecule has 4 nitrogen and oxygen atoms in total. The lowest BCUT2D eigenvalue weighted by molar-refractivity contribution is 0.101. The number of furan rings is 1. The van der Waals surface area contributed by atoms with Crippen LogP contribution in [0.1, 0.15) is 28.8 Å². The van der Waals surface area contributed by atoms with Gasteiger partial charge in [0, 0.05) is 18.1 Å². The summed E-state index contributed by atoms with van der Waals surface area (Å²) >= 11 is 0. The molecule has 0 amide bonds. The number of aromatic amines is 1. The molecule has 1 N–H and O–H groups in total. The SMILES string of the molecule is CCc1ccc(C(=O)c2c[nH]c3cccc(OC)c23)o1. The van der Waals surface area contributed by atoms with Crippen molar-refractivity contribution in [2.75, 3.05) is 7.11 Å². The van der Waals surface area contributed by atoms with Gasteiger partial charge >= 0.3 is 0 Å². The number of nitrogens with one attached hydrogen (secondary N) is 1. The first-order chi connectivity index (χ1) is 9.74. The van der Waals surface area contributed by atoms with Gasteiger partial charge in [-0.25, -0.2) is 0 Å². The molecule has 0 unspecified atom stereocenters. The lowest BCUT2D eigenvalue weighted by Crippen LogP contribution is -1.99. The van der Waals surface area contributed by atoms with Crippen LogP contribution in [0.3, 0.4) is 0 Å². The highest BCUT2D eigenvalue weighted by Crippen LogP contribution is 2.30. The van der Waals surface area contributed by atoms with E-state index in [1.807, 2.05) is 31.2 Å². The van der Waals surface area contributed by atoms with Crippen molar-refractivity contribution in [2.45, 2.75) is 13.3 Å². The monoisotopic (exact) mass is 269 g/mol. The summed E-state index contributed by atoms with van der Waals surface area (Å²) in [7, 11) is 1.60. The van der Waals surface area contributed by atoms with Crippen molar-refractivity contribution < 1.29 is 13.9 Å². The van der Waals surface area contributed by atoms with Crippen LogP contribution < -0.4 is 4.74 Å². The van der Waals surface area contributed by atoms with Crippen LogP contribution in [0.25, 0.3) is 10.9 Å². The summed E-state index contributed by atoms with van der Waals surface area (Å²) < 4.78 is 10.9. The zero-order valence-corrected chi connectivity index (χ0v) is 11.4. The Kier molecular flexibility index (Phi) is 3.06. The van der Waals surface area contributed by atoms with Gasteiger partial charge in [-0.15, -0.1) is 0 Å². The van der Waals surface area contributed by atoms with E-state index in [4.69, 9.17) is 9.15 Å². The van der Waals surface area contributed by atoms with Gasteiger partial charge in [0.25, 0.3) is 0 Å². The molecule has 1 aromatic carbocycles. The van der Waals surface area contributed by atoms with E-state index in [1.165, 1.54) is 0 Å². The first-order valence-corrected chi connectivity index (χ1v) is 6.52. The number of ketones is 1.